The topological polar surface area (TPSA) is 85.1 Å². The van der Waals surface area contributed by atoms with Crippen LogP contribution < -0.4 is 5.32 Å². The summed E-state index contributed by atoms with van der Waals surface area (Å²) in [5.74, 6) is -0.245. The fourth-order valence-corrected chi connectivity index (χ4v) is 2.72. The number of hydrogen-bond acceptors (Lipinski definition) is 5. The molecule has 0 bridgehead atoms. The minimum atomic E-state index is -0.450. The Morgan fingerprint density at radius 3 is 2.65 bits per heavy atom. The molecular formula is C16H11N3O3S. The van der Waals surface area contributed by atoms with Crippen molar-refractivity contribution in [2.45, 2.75) is 0 Å². The Bertz CT molecular complexity index is 862. The summed E-state index contributed by atoms with van der Waals surface area (Å²) in [6, 6.07) is 15.1. The van der Waals surface area contributed by atoms with Crippen molar-refractivity contribution in [1.29, 1.82) is 0 Å². The van der Waals surface area contributed by atoms with Gasteiger partial charge in [-0.3, -0.25) is 20.2 Å². The van der Waals surface area contributed by atoms with E-state index in [4.69, 9.17) is 0 Å². The van der Waals surface area contributed by atoms with E-state index in [9.17, 15) is 14.9 Å². The van der Waals surface area contributed by atoms with E-state index in [1.165, 1.54) is 23.5 Å². The molecule has 3 rings (SSSR count). The van der Waals surface area contributed by atoms with Crippen LogP contribution in [0.3, 0.4) is 0 Å². The molecule has 1 heterocycles. The van der Waals surface area contributed by atoms with Crippen molar-refractivity contribution in [1.82, 2.24) is 4.98 Å². The van der Waals surface area contributed by atoms with Crippen LogP contribution in [0.25, 0.3) is 11.3 Å². The summed E-state index contributed by atoms with van der Waals surface area (Å²) in [4.78, 5) is 26.8. The number of nitrogens with one attached hydrogen (secondary N) is 1. The molecule has 0 saturated carbocycles. The Morgan fingerprint density at radius 1 is 1.13 bits per heavy atom. The Labute approximate surface area is 135 Å². The quantitative estimate of drug-likeness (QED) is 0.581. The third-order valence-corrected chi connectivity index (χ3v) is 3.87. The van der Waals surface area contributed by atoms with E-state index in [1.54, 1.807) is 41.8 Å². The lowest BCUT2D eigenvalue weighted by Gasteiger charge is -2.01. The summed E-state index contributed by atoms with van der Waals surface area (Å²) in [5, 5.41) is 15.7. The molecule has 0 saturated heterocycles. The molecule has 0 aliphatic heterocycles. The molecule has 0 spiro atoms. The van der Waals surface area contributed by atoms with Gasteiger partial charge >= 0.3 is 0 Å². The molecular weight excluding hydrogens is 314 g/mol. The Balaban J connectivity index is 1.80. The second-order valence-corrected chi connectivity index (χ2v) is 5.52. The first-order valence-corrected chi connectivity index (χ1v) is 7.58. The standard InChI is InChI=1S/C16H11N3O3S/c20-15(11-5-2-1-3-6-11)18-16-17-14(10-23-16)12-7-4-8-13(9-12)19(21)22/h1-10H,(H,17,18,20). The Hall–Kier alpha value is -3.06. The van der Waals surface area contributed by atoms with E-state index in [1.807, 2.05) is 6.07 Å². The minimum Gasteiger partial charge on any atom is -0.298 e. The van der Waals surface area contributed by atoms with Gasteiger partial charge in [0, 0.05) is 28.6 Å². The average molecular weight is 325 g/mol. The molecule has 0 atom stereocenters. The van der Waals surface area contributed by atoms with E-state index in [2.05, 4.69) is 10.3 Å². The summed E-state index contributed by atoms with van der Waals surface area (Å²) in [6.45, 7) is 0. The van der Waals surface area contributed by atoms with Gasteiger partial charge in [-0.05, 0) is 12.1 Å². The lowest BCUT2D eigenvalue weighted by atomic mass is 10.1. The largest absolute Gasteiger partial charge is 0.298 e. The molecule has 0 radical (unpaired) electrons. The summed E-state index contributed by atoms with van der Waals surface area (Å²) in [7, 11) is 0. The third-order valence-electron chi connectivity index (χ3n) is 3.11. The molecule has 1 N–H and O–H groups in total. The number of nitro benzene ring substituents is 1. The van der Waals surface area contributed by atoms with Gasteiger partial charge in [0.1, 0.15) is 0 Å². The van der Waals surface area contributed by atoms with E-state index in [-0.39, 0.29) is 11.6 Å². The van der Waals surface area contributed by atoms with E-state index >= 15 is 0 Å². The van der Waals surface area contributed by atoms with Crippen LogP contribution >= 0.6 is 11.3 Å². The second-order valence-electron chi connectivity index (χ2n) is 4.67. The summed E-state index contributed by atoms with van der Waals surface area (Å²) in [5.41, 5.74) is 1.77. The lowest BCUT2D eigenvalue weighted by Crippen LogP contribution is -2.11. The highest BCUT2D eigenvalue weighted by molar-refractivity contribution is 7.14. The third kappa shape index (κ3) is 3.41. The number of non-ortho nitro benzene ring substituents is 1. The van der Waals surface area contributed by atoms with Crippen LogP contribution in [0.4, 0.5) is 10.8 Å². The van der Waals surface area contributed by atoms with Crippen LogP contribution in [-0.4, -0.2) is 15.8 Å². The normalized spacial score (nSPS) is 10.3. The molecule has 0 fully saturated rings. The fourth-order valence-electron chi connectivity index (χ4n) is 2.00. The van der Waals surface area contributed by atoms with Crippen molar-refractivity contribution in [3.05, 3.63) is 75.7 Å². The van der Waals surface area contributed by atoms with Crippen molar-refractivity contribution in [3.8, 4) is 11.3 Å². The van der Waals surface area contributed by atoms with Crippen LogP contribution in [0.2, 0.25) is 0 Å². The van der Waals surface area contributed by atoms with Crippen molar-refractivity contribution < 1.29 is 9.72 Å². The second kappa shape index (κ2) is 6.37. The zero-order chi connectivity index (χ0) is 16.2. The number of aromatic nitrogens is 1. The molecule has 1 amide bonds. The number of anilines is 1. The van der Waals surface area contributed by atoms with Crippen LogP contribution in [0.1, 0.15) is 10.4 Å². The number of hydrogen-bond donors (Lipinski definition) is 1. The van der Waals surface area contributed by atoms with E-state index in [0.29, 0.717) is 22.0 Å². The SMILES string of the molecule is O=C(Nc1nc(-c2cccc([N+](=O)[O-])c2)cs1)c1ccccc1. The molecule has 23 heavy (non-hydrogen) atoms. The van der Waals surface area contributed by atoms with Crippen molar-refractivity contribution in [2.75, 3.05) is 5.32 Å². The predicted molar refractivity (Wildman–Crippen MR) is 88.6 cm³/mol. The monoisotopic (exact) mass is 325 g/mol. The maximum absolute atomic E-state index is 12.1. The highest BCUT2D eigenvalue weighted by Gasteiger charge is 2.12. The summed E-state index contributed by atoms with van der Waals surface area (Å²) < 4.78 is 0. The minimum absolute atomic E-state index is 0.00497. The van der Waals surface area contributed by atoms with Gasteiger partial charge in [-0.15, -0.1) is 11.3 Å². The Kier molecular flexibility index (Phi) is 4.11. The van der Waals surface area contributed by atoms with Gasteiger partial charge in [-0.2, -0.15) is 0 Å². The summed E-state index contributed by atoms with van der Waals surface area (Å²) in [6.07, 6.45) is 0. The van der Waals surface area contributed by atoms with Gasteiger partial charge in [0.15, 0.2) is 5.13 Å². The van der Waals surface area contributed by atoms with Crippen molar-refractivity contribution >= 4 is 28.1 Å². The van der Waals surface area contributed by atoms with Crippen LogP contribution in [0, 0.1) is 10.1 Å². The van der Waals surface area contributed by atoms with Gasteiger partial charge in [-0.1, -0.05) is 30.3 Å². The van der Waals surface area contributed by atoms with Crippen LogP contribution in [0.5, 0.6) is 0 Å². The number of carbonyl (C=O) groups excluding carboxylic acids is 1. The van der Waals surface area contributed by atoms with E-state index in [0.717, 1.165) is 0 Å². The summed E-state index contributed by atoms with van der Waals surface area (Å²) >= 11 is 1.27. The fraction of sp³-hybridized carbons (Fsp3) is 0. The van der Waals surface area contributed by atoms with Gasteiger partial charge in [0.2, 0.25) is 0 Å². The van der Waals surface area contributed by atoms with E-state index < -0.39 is 4.92 Å². The van der Waals surface area contributed by atoms with Gasteiger partial charge in [-0.25, -0.2) is 4.98 Å². The molecule has 2 aromatic carbocycles. The van der Waals surface area contributed by atoms with Gasteiger partial charge < -0.3 is 0 Å². The molecule has 6 nitrogen and oxygen atoms in total. The molecule has 0 aliphatic carbocycles. The van der Waals surface area contributed by atoms with Crippen molar-refractivity contribution in [3.63, 3.8) is 0 Å². The molecule has 7 heteroatoms. The highest BCUT2D eigenvalue weighted by Crippen LogP contribution is 2.27. The first-order chi connectivity index (χ1) is 11.1. The zero-order valence-electron chi connectivity index (χ0n) is 11.8. The number of nitro groups is 1. The molecule has 114 valence electrons. The Morgan fingerprint density at radius 2 is 1.91 bits per heavy atom. The first-order valence-electron chi connectivity index (χ1n) is 6.70. The molecule has 1 aromatic heterocycles. The number of benzene rings is 2. The zero-order valence-corrected chi connectivity index (χ0v) is 12.6. The number of rotatable bonds is 4. The number of thiazole rings is 1. The first kappa shape index (κ1) is 14.9. The van der Waals surface area contributed by atoms with Gasteiger partial charge in [0.25, 0.3) is 11.6 Å². The van der Waals surface area contributed by atoms with Crippen LogP contribution in [0.15, 0.2) is 60.0 Å². The molecule has 0 unspecified atom stereocenters. The highest BCUT2D eigenvalue weighted by atomic mass is 32.1. The average Bonchev–Trinajstić information content (AvgIpc) is 3.04. The maximum atomic E-state index is 12.1. The molecule has 3 aromatic rings. The predicted octanol–water partition coefficient (Wildman–Crippen LogP) is 3.97. The van der Waals surface area contributed by atoms with Crippen LogP contribution in [-0.2, 0) is 0 Å². The number of carbonyl (C=O) groups is 1. The number of nitrogens with zero attached hydrogens (tertiary/aromatic N) is 2. The van der Waals surface area contributed by atoms with Gasteiger partial charge in [0.05, 0.1) is 10.6 Å². The van der Waals surface area contributed by atoms with Crippen molar-refractivity contribution in [2.24, 2.45) is 0 Å². The lowest BCUT2D eigenvalue weighted by molar-refractivity contribution is -0.384. The molecule has 0 aliphatic rings. The number of amides is 1. The smallest absolute Gasteiger partial charge is 0.270 e. The maximum Gasteiger partial charge on any atom is 0.270 e.